The number of benzene rings is 2. The molecule has 1 fully saturated rings. The Morgan fingerprint density at radius 3 is 2.74 bits per heavy atom. The smallest absolute Gasteiger partial charge is 0.246 e. The Kier molecular flexibility index (Phi) is 7.32. The van der Waals surface area contributed by atoms with E-state index in [0.717, 1.165) is 6.07 Å². The lowest BCUT2D eigenvalue weighted by molar-refractivity contribution is -0.134. The van der Waals surface area contributed by atoms with Crippen LogP contribution in [0.4, 0.5) is 20.3 Å². The SMILES string of the molecule is COc1cc2ncnc(Nc3ccc(F)c(Cl)c3F)c2cc1OC1CN(C(=O)/C=C/CN(C)C)C1. The van der Waals surface area contributed by atoms with E-state index in [1.54, 1.807) is 23.1 Å². The summed E-state index contributed by atoms with van der Waals surface area (Å²) < 4.78 is 39.5. The summed E-state index contributed by atoms with van der Waals surface area (Å²) in [5.41, 5.74) is 0.488. The number of nitrogens with one attached hydrogen (secondary N) is 1. The fraction of sp³-hybridized carbons (Fsp3) is 0.292. The van der Waals surface area contributed by atoms with Crippen molar-refractivity contribution in [3.63, 3.8) is 0 Å². The Morgan fingerprint density at radius 1 is 1.26 bits per heavy atom. The summed E-state index contributed by atoms with van der Waals surface area (Å²) in [4.78, 5) is 24.3. The van der Waals surface area contributed by atoms with E-state index in [1.165, 1.54) is 19.5 Å². The van der Waals surface area contributed by atoms with E-state index in [4.69, 9.17) is 21.1 Å². The number of nitrogens with zero attached hydrogens (tertiary/aromatic N) is 4. The number of aromatic nitrogens is 2. The molecule has 1 aromatic heterocycles. The maximum Gasteiger partial charge on any atom is 0.246 e. The van der Waals surface area contributed by atoms with Crippen LogP contribution in [0, 0.1) is 11.6 Å². The van der Waals surface area contributed by atoms with Crippen LogP contribution in [0.1, 0.15) is 0 Å². The van der Waals surface area contributed by atoms with Crippen molar-refractivity contribution in [1.29, 1.82) is 0 Å². The van der Waals surface area contributed by atoms with Gasteiger partial charge in [0, 0.05) is 24.1 Å². The quantitative estimate of drug-likeness (QED) is 0.367. The molecule has 0 unspecified atom stereocenters. The highest BCUT2D eigenvalue weighted by atomic mass is 35.5. The lowest BCUT2D eigenvalue weighted by atomic mass is 10.1. The summed E-state index contributed by atoms with van der Waals surface area (Å²) in [5, 5.41) is 2.76. The first-order chi connectivity index (χ1) is 16.8. The first-order valence-electron chi connectivity index (χ1n) is 10.8. The third-order valence-corrected chi connectivity index (χ3v) is 5.74. The maximum atomic E-state index is 14.4. The van der Waals surface area contributed by atoms with Crippen LogP contribution < -0.4 is 14.8 Å². The van der Waals surface area contributed by atoms with E-state index in [0.29, 0.717) is 42.0 Å². The lowest BCUT2D eigenvalue weighted by Gasteiger charge is -2.38. The zero-order chi connectivity index (χ0) is 25.1. The monoisotopic (exact) mass is 503 g/mol. The van der Waals surface area contributed by atoms with Crippen molar-refractivity contribution in [2.75, 3.05) is 46.2 Å². The molecule has 184 valence electrons. The van der Waals surface area contributed by atoms with Gasteiger partial charge in [-0.3, -0.25) is 4.79 Å². The molecule has 4 rings (SSSR count). The van der Waals surface area contributed by atoms with Crippen molar-refractivity contribution in [1.82, 2.24) is 19.8 Å². The number of carbonyl (C=O) groups excluding carboxylic acids is 1. The van der Waals surface area contributed by atoms with E-state index in [-0.39, 0.29) is 23.5 Å². The Balaban J connectivity index is 1.53. The van der Waals surface area contributed by atoms with Gasteiger partial charge in [-0.05, 0) is 32.3 Å². The van der Waals surface area contributed by atoms with Crippen molar-refractivity contribution in [2.24, 2.45) is 0 Å². The number of carbonyl (C=O) groups is 1. The summed E-state index contributed by atoms with van der Waals surface area (Å²) in [7, 11) is 5.36. The Bertz CT molecular complexity index is 1280. The molecule has 11 heteroatoms. The highest BCUT2D eigenvalue weighted by molar-refractivity contribution is 6.31. The molecule has 1 aliphatic heterocycles. The minimum atomic E-state index is -0.928. The van der Waals surface area contributed by atoms with Gasteiger partial charge in [0.2, 0.25) is 5.91 Å². The summed E-state index contributed by atoms with van der Waals surface area (Å²) in [6.07, 6.45) is 4.46. The molecule has 0 atom stereocenters. The number of hydrogen-bond acceptors (Lipinski definition) is 7. The van der Waals surface area contributed by atoms with Gasteiger partial charge in [-0.15, -0.1) is 0 Å². The molecule has 2 heterocycles. The van der Waals surface area contributed by atoms with Gasteiger partial charge < -0.3 is 24.6 Å². The fourth-order valence-electron chi connectivity index (χ4n) is 3.51. The maximum absolute atomic E-state index is 14.4. The number of fused-ring (bicyclic) bond motifs is 1. The molecular weight excluding hydrogens is 480 g/mol. The molecule has 0 spiro atoms. The number of likely N-dealkylation sites (tertiary alicyclic amines) is 1. The third kappa shape index (κ3) is 5.44. The van der Waals surface area contributed by atoms with E-state index in [1.807, 2.05) is 25.1 Å². The zero-order valence-electron chi connectivity index (χ0n) is 19.4. The molecule has 0 aliphatic carbocycles. The van der Waals surface area contributed by atoms with E-state index >= 15 is 0 Å². The lowest BCUT2D eigenvalue weighted by Crippen LogP contribution is -2.55. The van der Waals surface area contributed by atoms with Crippen LogP contribution in [0.5, 0.6) is 11.5 Å². The van der Waals surface area contributed by atoms with Crippen molar-refractivity contribution < 1.29 is 23.0 Å². The van der Waals surface area contributed by atoms with Gasteiger partial charge >= 0.3 is 0 Å². The van der Waals surface area contributed by atoms with Gasteiger partial charge in [-0.25, -0.2) is 18.7 Å². The third-order valence-electron chi connectivity index (χ3n) is 5.39. The van der Waals surface area contributed by atoms with E-state index in [2.05, 4.69) is 15.3 Å². The molecule has 8 nitrogen and oxygen atoms in total. The Morgan fingerprint density at radius 2 is 2.03 bits per heavy atom. The van der Waals surface area contributed by atoms with Crippen LogP contribution in [-0.2, 0) is 4.79 Å². The van der Waals surface area contributed by atoms with Crippen LogP contribution in [0.2, 0.25) is 5.02 Å². The van der Waals surface area contributed by atoms with Gasteiger partial charge in [-0.2, -0.15) is 0 Å². The fourth-order valence-corrected chi connectivity index (χ4v) is 3.67. The normalized spacial score (nSPS) is 14.0. The van der Waals surface area contributed by atoms with Gasteiger partial charge in [0.15, 0.2) is 17.3 Å². The second kappa shape index (κ2) is 10.4. The molecule has 0 saturated carbocycles. The van der Waals surface area contributed by atoms with Crippen LogP contribution in [0.3, 0.4) is 0 Å². The number of anilines is 2. The first-order valence-corrected chi connectivity index (χ1v) is 11.1. The van der Waals surface area contributed by atoms with Crippen molar-refractivity contribution in [3.8, 4) is 11.5 Å². The summed E-state index contributed by atoms with van der Waals surface area (Å²) >= 11 is 5.69. The van der Waals surface area contributed by atoms with Crippen molar-refractivity contribution >= 4 is 39.9 Å². The highest BCUT2D eigenvalue weighted by Gasteiger charge is 2.32. The summed E-state index contributed by atoms with van der Waals surface area (Å²) in [6, 6.07) is 5.66. The second-order valence-electron chi connectivity index (χ2n) is 8.24. The zero-order valence-corrected chi connectivity index (χ0v) is 20.1. The van der Waals surface area contributed by atoms with E-state index < -0.39 is 16.7 Å². The van der Waals surface area contributed by atoms with Crippen LogP contribution in [-0.4, -0.2) is 72.6 Å². The van der Waals surface area contributed by atoms with Crippen LogP contribution in [0.15, 0.2) is 42.7 Å². The number of ether oxygens (including phenoxy) is 2. The van der Waals surface area contributed by atoms with Crippen LogP contribution in [0.25, 0.3) is 10.9 Å². The van der Waals surface area contributed by atoms with E-state index in [9.17, 15) is 13.6 Å². The number of hydrogen-bond donors (Lipinski definition) is 1. The summed E-state index contributed by atoms with van der Waals surface area (Å²) in [5.74, 6) is -0.701. The molecule has 1 N–H and O–H groups in total. The predicted molar refractivity (Wildman–Crippen MR) is 129 cm³/mol. The van der Waals surface area contributed by atoms with Gasteiger partial charge in [0.05, 0.1) is 31.4 Å². The average Bonchev–Trinajstić information content (AvgIpc) is 2.80. The molecule has 1 aliphatic rings. The largest absolute Gasteiger partial charge is 0.493 e. The second-order valence-corrected chi connectivity index (χ2v) is 8.62. The molecule has 0 radical (unpaired) electrons. The van der Waals surface area contributed by atoms with Gasteiger partial charge in [0.1, 0.15) is 29.1 Å². The van der Waals surface area contributed by atoms with Crippen molar-refractivity contribution in [3.05, 3.63) is 59.4 Å². The average molecular weight is 504 g/mol. The standard InChI is InChI=1S/C24H24ClF2N5O3/c1-31(2)8-4-5-21(33)32-11-14(12-32)35-20-9-15-18(10-19(20)34-3)28-13-29-24(15)30-17-7-6-16(26)22(25)23(17)27/h4-7,9-10,13-14H,8,11-12H2,1-3H3,(H,28,29,30)/b5-4+. The molecular formula is C24H24ClF2N5O3. The van der Waals surface area contributed by atoms with Gasteiger partial charge in [-0.1, -0.05) is 17.7 Å². The molecule has 35 heavy (non-hydrogen) atoms. The van der Waals surface area contributed by atoms with Crippen LogP contribution >= 0.6 is 11.6 Å². The number of methoxy groups -OCH3 is 1. The number of amides is 1. The summed E-state index contributed by atoms with van der Waals surface area (Å²) in [6.45, 7) is 1.55. The Labute approximate surface area is 206 Å². The molecule has 2 aromatic carbocycles. The Hall–Kier alpha value is -3.50. The number of halogens is 3. The minimum Gasteiger partial charge on any atom is -0.493 e. The molecule has 3 aromatic rings. The van der Waals surface area contributed by atoms with Gasteiger partial charge in [0.25, 0.3) is 0 Å². The first kappa shape index (κ1) is 24.6. The molecule has 1 saturated heterocycles. The topological polar surface area (TPSA) is 79.8 Å². The van der Waals surface area contributed by atoms with Crippen molar-refractivity contribution in [2.45, 2.75) is 6.10 Å². The molecule has 1 amide bonds. The highest BCUT2D eigenvalue weighted by Crippen LogP contribution is 2.37. The number of likely N-dealkylation sites (N-methyl/N-ethyl adjacent to an activating group) is 1. The molecule has 0 bridgehead atoms. The predicted octanol–water partition coefficient (Wildman–Crippen LogP) is 4.02. The number of rotatable bonds is 8. The minimum absolute atomic E-state index is 0.0369.